The zero-order valence-electron chi connectivity index (χ0n) is 14.8. The molecule has 1 heterocycles. The number of hydrogen-bond donors (Lipinski definition) is 1. The molecule has 0 spiro atoms. The topological polar surface area (TPSA) is 84.1 Å². The Bertz CT molecular complexity index is 400. The molecule has 0 saturated carbocycles. The van der Waals surface area contributed by atoms with Crippen LogP contribution in [0.2, 0.25) is 0 Å². The van der Waals surface area contributed by atoms with E-state index in [1.165, 1.54) is 0 Å². The molecule has 0 aliphatic rings. The molecule has 122 valence electrons. The molecule has 0 fully saturated rings. The summed E-state index contributed by atoms with van der Waals surface area (Å²) >= 11 is 3.26. The number of nitrogens with two attached hydrogens (primary N) is 1. The molecule has 1 aromatic rings. The van der Waals surface area contributed by atoms with Crippen LogP contribution < -0.4 is 67.0 Å². The minimum Gasteiger partial charge on any atom is -0.850 e. The maximum absolute atomic E-state index is 10.1. The van der Waals surface area contributed by atoms with E-state index in [1.54, 1.807) is 33.2 Å². The van der Waals surface area contributed by atoms with Gasteiger partial charge in [0.05, 0.1) is 4.47 Å². The second-order valence-electron chi connectivity index (χ2n) is 6.84. The SMILES string of the molecule is CC(C)(C)[O-].CC(C)C[C@](C)(N)COc1ncc(Br)cn1.[K+]. The van der Waals surface area contributed by atoms with Gasteiger partial charge in [0.15, 0.2) is 0 Å². The second-order valence-corrected chi connectivity index (χ2v) is 7.75. The van der Waals surface area contributed by atoms with Crippen LogP contribution in [0.15, 0.2) is 16.9 Å². The van der Waals surface area contributed by atoms with E-state index in [2.05, 4.69) is 39.7 Å². The molecule has 0 saturated heterocycles. The summed E-state index contributed by atoms with van der Waals surface area (Å²) in [6.45, 7) is 11.6. The van der Waals surface area contributed by atoms with Gasteiger partial charge < -0.3 is 15.6 Å². The third kappa shape index (κ3) is 17.3. The van der Waals surface area contributed by atoms with Crippen LogP contribution in [-0.2, 0) is 0 Å². The average molecular weight is 400 g/mol. The van der Waals surface area contributed by atoms with Crippen molar-refractivity contribution < 1.29 is 61.2 Å². The van der Waals surface area contributed by atoms with Crippen LogP contribution in [0.5, 0.6) is 6.01 Å². The van der Waals surface area contributed by atoms with Crippen molar-refractivity contribution >= 4 is 15.9 Å². The molecule has 0 unspecified atom stereocenters. The van der Waals surface area contributed by atoms with Gasteiger partial charge in [0.25, 0.3) is 0 Å². The van der Waals surface area contributed by atoms with E-state index in [9.17, 15) is 5.11 Å². The summed E-state index contributed by atoms with van der Waals surface area (Å²) in [5.41, 5.74) is 5.01. The predicted octanol–water partition coefficient (Wildman–Crippen LogP) is -0.469. The van der Waals surface area contributed by atoms with Crippen molar-refractivity contribution in [2.24, 2.45) is 11.7 Å². The first kappa shape index (κ1) is 25.2. The third-order valence-electron chi connectivity index (χ3n) is 2.00. The summed E-state index contributed by atoms with van der Waals surface area (Å²) in [6.07, 6.45) is 4.21. The largest absolute Gasteiger partial charge is 1.00 e. The minimum atomic E-state index is -0.750. The average Bonchev–Trinajstić information content (AvgIpc) is 2.24. The van der Waals surface area contributed by atoms with Crippen molar-refractivity contribution in [3.05, 3.63) is 16.9 Å². The second kappa shape index (κ2) is 11.5. The number of hydrogen-bond acceptors (Lipinski definition) is 5. The smallest absolute Gasteiger partial charge is 0.850 e. The Morgan fingerprint density at radius 3 is 2.00 bits per heavy atom. The molecule has 22 heavy (non-hydrogen) atoms. The summed E-state index contributed by atoms with van der Waals surface area (Å²) in [5, 5.41) is 10.1. The fraction of sp³-hybridized carbons (Fsp3) is 0.733. The van der Waals surface area contributed by atoms with E-state index in [0.717, 1.165) is 10.9 Å². The zero-order chi connectivity index (χ0) is 16.7. The first-order valence-corrected chi connectivity index (χ1v) is 7.78. The van der Waals surface area contributed by atoms with Gasteiger partial charge in [-0.25, -0.2) is 9.97 Å². The third-order valence-corrected chi connectivity index (χ3v) is 2.41. The molecule has 2 N–H and O–H groups in total. The van der Waals surface area contributed by atoms with E-state index in [-0.39, 0.29) is 56.9 Å². The number of aromatic nitrogens is 2. The Hall–Kier alpha value is 0.916. The van der Waals surface area contributed by atoms with Gasteiger partial charge in [-0.05, 0) is 35.2 Å². The van der Waals surface area contributed by atoms with Crippen molar-refractivity contribution in [3.63, 3.8) is 0 Å². The van der Waals surface area contributed by atoms with Crippen LogP contribution >= 0.6 is 15.9 Å². The van der Waals surface area contributed by atoms with Gasteiger partial charge in [-0.3, -0.25) is 0 Å². The van der Waals surface area contributed by atoms with Crippen LogP contribution in [0, 0.1) is 5.92 Å². The zero-order valence-corrected chi connectivity index (χ0v) is 19.5. The van der Waals surface area contributed by atoms with Gasteiger partial charge >= 0.3 is 57.4 Å². The van der Waals surface area contributed by atoms with Crippen LogP contribution in [0.4, 0.5) is 0 Å². The first-order chi connectivity index (χ1) is 9.39. The Kier molecular flexibility index (Phi) is 13.1. The summed E-state index contributed by atoms with van der Waals surface area (Å²) in [6, 6.07) is 0.364. The van der Waals surface area contributed by atoms with E-state index in [4.69, 9.17) is 10.5 Å². The summed E-state index contributed by atoms with van der Waals surface area (Å²) in [7, 11) is 0. The molecule has 0 aromatic carbocycles. The van der Waals surface area contributed by atoms with E-state index in [0.29, 0.717) is 18.5 Å². The fourth-order valence-corrected chi connectivity index (χ4v) is 1.80. The quantitative estimate of drug-likeness (QED) is 0.676. The number of rotatable bonds is 5. The number of ether oxygens (including phenoxy) is 1. The first-order valence-electron chi connectivity index (χ1n) is 6.99. The van der Waals surface area contributed by atoms with Crippen LogP contribution in [-0.4, -0.2) is 27.7 Å². The van der Waals surface area contributed by atoms with Gasteiger partial charge in [-0.1, -0.05) is 34.6 Å². The standard InChI is InChI=1S/C11H18BrN3O.C4H9O.K/c1-8(2)4-11(3,13)7-16-10-14-5-9(12)6-15-10;1-4(2,3)5;/h5-6,8H,4,7,13H2,1-3H3;1-3H3;/q;-1;+1/t11-;;/m0../s1. The van der Waals surface area contributed by atoms with E-state index in [1.807, 2.05) is 6.92 Å². The summed E-state index contributed by atoms with van der Waals surface area (Å²) < 4.78 is 6.29. The molecule has 0 aliphatic carbocycles. The molecule has 1 rings (SSSR count). The molecule has 0 amide bonds. The Labute approximate surface area is 185 Å². The van der Waals surface area contributed by atoms with Crippen LogP contribution in [0.1, 0.15) is 48.0 Å². The summed E-state index contributed by atoms with van der Waals surface area (Å²) in [5.74, 6) is 0.546. The van der Waals surface area contributed by atoms with Crippen molar-refractivity contribution in [1.29, 1.82) is 0 Å². The Balaban J connectivity index is 0. The molecule has 1 aromatic heterocycles. The van der Waals surface area contributed by atoms with Crippen LogP contribution in [0.3, 0.4) is 0 Å². The van der Waals surface area contributed by atoms with Gasteiger partial charge in [-0.15, -0.1) is 5.60 Å². The van der Waals surface area contributed by atoms with Gasteiger partial charge in [0.2, 0.25) is 0 Å². The van der Waals surface area contributed by atoms with Crippen LogP contribution in [0.25, 0.3) is 0 Å². The van der Waals surface area contributed by atoms with Crippen molar-refractivity contribution in [2.75, 3.05) is 6.61 Å². The molecule has 5 nitrogen and oxygen atoms in total. The van der Waals surface area contributed by atoms with E-state index < -0.39 is 5.60 Å². The molecular weight excluding hydrogens is 373 g/mol. The minimum absolute atomic E-state index is 0. The monoisotopic (exact) mass is 399 g/mol. The molecule has 7 heteroatoms. The van der Waals surface area contributed by atoms with E-state index >= 15 is 0 Å². The Morgan fingerprint density at radius 1 is 1.23 bits per heavy atom. The number of nitrogens with zero attached hydrogens (tertiary/aromatic N) is 2. The fourth-order valence-electron chi connectivity index (χ4n) is 1.60. The predicted molar refractivity (Wildman–Crippen MR) is 87.0 cm³/mol. The molecular formula is C15H27BrKN3O2. The normalized spacial score (nSPS) is 13.5. The molecule has 0 radical (unpaired) electrons. The Morgan fingerprint density at radius 2 is 1.64 bits per heavy atom. The molecule has 1 atom stereocenters. The van der Waals surface area contributed by atoms with Crippen molar-refractivity contribution in [2.45, 2.75) is 59.1 Å². The molecule has 0 bridgehead atoms. The molecule has 0 aliphatic heterocycles. The number of halogens is 1. The van der Waals surface area contributed by atoms with Gasteiger partial charge in [-0.2, -0.15) is 0 Å². The maximum Gasteiger partial charge on any atom is 1.00 e. The van der Waals surface area contributed by atoms with Crippen molar-refractivity contribution in [3.8, 4) is 6.01 Å². The van der Waals surface area contributed by atoms with Crippen molar-refractivity contribution in [1.82, 2.24) is 9.97 Å². The maximum atomic E-state index is 10.1. The van der Waals surface area contributed by atoms with Gasteiger partial charge in [0.1, 0.15) is 6.61 Å². The van der Waals surface area contributed by atoms with Gasteiger partial charge in [0, 0.05) is 17.9 Å². The summed E-state index contributed by atoms with van der Waals surface area (Å²) in [4.78, 5) is 8.05.